The molecule has 2 rings (SSSR count). The number of nitrogens with zero attached hydrogens (tertiary/aromatic N) is 3. The molecule has 0 radical (unpaired) electrons. The van der Waals surface area contributed by atoms with Crippen LogP contribution in [-0.4, -0.2) is 48.8 Å². The van der Waals surface area contributed by atoms with Crippen molar-refractivity contribution in [3.05, 3.63) is 10.8 Å². The Bertz CT molecular complexity index is 579. The lowest BCUT2D eigenvalue weighted by atomic mass is 10.1. The number of ether oxygens (including phenoxy) is 1. The average molecular weight is 322 g/mol. The number of hydrogen-bond donors (Lipinski definition) is 0. The van der Waals surface area contributed by atoms with Crippen LogP contribution in [0.1, 0.15) is 25.0 Å². The molecule has 2 heterocycles. The summed E-state index contributed by atoms with van der Waals surface area (Å²) in [6.07, 6.45) is 2.96. The predicted octanol–water partition coefficient (Wildman–Crippen LogP) is 1.57. The summed E-state index contributed by atoms with van der Waals surface area (Å²) in [4.78, 5) is 0.0833. The lowest BCUT2D eigenvalue weighted by Crippen LogP contribution is -2.37. The van der Waals surface area contributed by atoms with E-state index in [4.69, 9.17) is 16.3 Å². The van der Waals surface area contributed by atoms with Gasteiger partial charge in [-0.05, 0) is 26.2 Å². The summed E-state index contributed by atoms with van der Waals surface area (Å²) in [5.41, 5.74) is 0.411. The van der Waals surface area contributed by atoms with Gasteiger partial charge in [-0.15, -0.1) is 0 Å². The maximum absolute atomic E-state index is 12.6. The quantitative estimate of drug-likeness (QED) is 0.844. The first kappa shape index (κ1) is 15.8. The molecule has 1 aliphatic rings. The molecule has 0 bridgehead atoms. The first-order valence-electron chi connectivity index (χ1n) is 6.61. The van der Waals surface area contributed by atoms with E-state index < -0.39 is 10.0 Å². The highest BCUT2D eigenvalue weighted by atomic mass is 35.5. The monoisotopic (exact) mass is 321 g/mol. The van der Waals surface area contributed by atoms with Crippen LogP contribution in [0.3, 0.4) is 0 Å². The maximum Gasteiger partial charge on any atom is 0.247 e. The zero-order chi connectivity index (χ0) is 14.9. The Kier molecular flexibility index (Phi) is 4.73. The van der Waals surface area contributed by atoms with Crippen LogP contribution < -0.4 is 0 Å². The minimum absolute atomic E-state index is 0.0423. The molecule has 1 aliphatic heterocycles. The van der Waals surface area contributed by atoms with Gasteiger partial charge in [0.1, 0.15) is 10.0 Å². The van der Waals surface area contributed by atoms with E-state index in [2.05, 4.69) is 5.10 Å². The molecular formula is C12H20ClN3O3S. The van der Waals surface area contributed by atoms with Crippen molar-refractivity contribution in [1.29, 1.82) is 0 Å². The highest BCUT2D eigenvalue weighted by Crippen LogP contribution is 2.27. The second-order valence-corrected chi connectivity index (χ2v) is 7.44. The molecule has 8 heteroatoms. The highest BCUT2D eigenvalue weighted by Gasteiger charge is 2.31. The first-order valence-corrected chi connectivity index (χ1v) is 8.43. The molecule has 0 N–H and O–H groups in total. The molecule has 0 amide bonds. The Morgan fingerprint density at radius 3 is 2.70 bits per heavy atom. The van der Waals surface area contributed by atoms with Gasteiger partial charge in [0.2, 0.25) is 10.0 Å². The number of likely N-dealkylation sites (N-methyl/N-ethyl adjacent to an activating group) is 1. The van der Waals surface area contributed by atoms with E-state index in [1.807, 2.05) is 0 Å². The van der Waals surface area contributed by atoms with Crippen LogP contribution in [0.5, 0.6) is 0 Å². The molecule has 0 aliphatic carbocycles. The fourth-order valence-electron chi connectivity index (χ4n) is 2.40. The van der Waals surface area contributed by atoms with Crippen LogP contribution in [0, 0.1) is 6.92 Å². The van der Waals surface area contributed by atoms with E-state index in [0.29, 0.717) is 18.8 Å². The van der Waals surface area contributed by atoms with E-state index in [1.54, 1.807) is 21.0 Å². The SMILES string of the molecule is Cc1nn(C)c(Cl)c1S(=O)(=O)N(C)CC1CCCCO1. The van der Waals surface area contributed by atoms with E-state index in [9.17, 15) is 8.42 Å². The average Bonchev–Trinajstić information content (AvgIpc) is 2.64. The summed E-state index contributed by atoms with van der Waals surface area (Å²) in [6, 6.07) is 0. The lowest BCUT2D eigenvalue weighted by molar-refractivity contribution is 0.00858. The molecule has 1 aromatic heterocycles. The molecule has 1 fully saturated rings. The van der Waals surface area contributed by atoms with Gasteiger partial charge in [0.05, 0.1) is 11.8 Å². The molecule has 6 nitrogen and oxygen atoms in total. The Morgan fingerprint density at radius 2 is 2.20 bits per heavy atom. The number of rotatable bonds is 4. The Morgan fingerprint density at radius 1 is 1.50 bits per heavy atom. The van der Waals surface area contributed by atoms with Gasteiger partial charge in [-0.2, -0.15) is 9.40 Å². The highest BCUT2D eigenvalue weighted by molar-refractivity contribution is 7.89. The maximum atomic E-state index is 12.6. The summed E-state index contributed by atoms with van der Waals surface area (Å²) in [5.74, 6) is 0. The third-order valence-corrected chi connectivity index (χ3v) is 6.02. The summed E-state index contributed by atoms with van der Waals surface area (Å²) in [6.45, 7) is 2.68. The van der Waals surface area contributed by atoms with Crippen LogP contribution in [0.25, 0.3) is 0 Å². The van der Waals surface area contributed by atoms with Crippen molar-refractivity contribution in [2.75, 3.05) is 20.2 Å². The van der Waals surface area contributed by atoms with Gasteiger partial charge in [-0.3, -0.25) is 4.68 Å². The standard InChI is InChI=1S/C12H20ClN3O3S/c1-9-11(12(13)16(3)14-9)20(17,18)15(2)8-10-6-4-5-7-19-10/h10H,4-8H2,1-3H3. The number of aromatic nitrogens is 2. The fraction of sp³-hybridized carbons (Fsp3) is 0.750. The van der Waals surface area contributed by atoms with Crippen LogP contribution >= 0.6 is 11.6 Å². The normalized spacial score (nSPS) is 20.6. The zero-order valence-corrected chi connectivity index (χ0v) is 13.5. The molecular weight excluding hydrogens is 302 g/mol. The zero-order valence-electron chi connectivity index (χ0n) is 12.0. The Hall–Kier alpha value is -0.630. The largest absolute Gasteiger partial charge is 0.377 e. The second kappa shape index (κ2) is 6.01. The Labute approximate surface area is 124 Å². The topological polar surface area (TPSA) is 64.4 Å². The van der Waals surface area contributed by atoms with Crippen molar-refractivity contribution >= 4 is 21.6 Å². The van der Waals surface area contributed by atoms with E-state index in [0.717, 1.165) is 19.3 Å². The summed E-state index contributed by atoms with van der Waals surface area (Å²) >= 11 is 6.05. The van der Waals surface area contributed by atoms with E-state index >= 15 is 0 Å². The number of hydrogen-bond acceptors (Lipinski definition) is 4. The van der Waals surface area contributed by atoms with Crippen molar-refractivity contribution in [2.45, 2.75) is 37.2 Å². The van der Waals surface area contributed by atoms with Gasteiger partial charge in [0, 0.05) is 27.2 Å². The van der Waals surface area contributed by atoms with Crippen molar-refractivity contribution in [3.63, 3.8) is 0 Å². The Balaban J connectivity index is 2.20. The molecule has 1 unspecified atom stereocenters. The fourth-order valence-corrected chi connectivity index (χ4v) is 4.30. The first-order chi connectivity index (χ1) is 9.34. The molecule has 1 aromatic rings. The molecule has 1 atom stereocenters. The second-order valence-electron chi connectivity index (χ2n) is 5.10. The van der Waals surface area contributed by atoms with Gasteiger partial charge in [0.15, 0.2) is 0 Å². The van der Waals surface area contributed by atoms with Crippen molar-refractivity contribution in [1.82, 2.24) is 14.1 Å². The van der Waals surface area contributed by atoms with Crippen LogP contribution in [0.15, 0.2) is 4.90 Å². The molecule has 0 spiro atoms. The van der Waals surface area contributed by atoms with Gasteiger partial charge in [-0.1, -0.05) is 11.6 Å². The van der Waals surface area contributed by atoms with Gasteiger partial charge in [0.25, 0.3) is 0 Å². The van der Waals surface area contributed by atoms with Crippen molar-refractivity contribution in [2.24, 2.45) is 7.05 Å². The lowest BCUT2D eigenvalue weighted by Gasteiger charge is -2.27. The van der Waals surface area contributed by atoms with Gasteiger partial charge in [-0.25, -0.2) is 8.42 Å². The molecule has 0 saturated carbocycles. The van der Waals surface area contributed by atoms with Gasteiger partial charge >= 0.3 is 0 Å². The van der Waals surface area contributed by atoms with E-state index in [-0.39, 0.29) is 16.2 Å². The third kappa shape index (κ3) is 3.00. The number of aryl methyl sites for hydroxylation is 2. The summed E-state index contributed by atoms with van der Waals surface area (Å²) < 4.78 is 33.4. The summed E-state index contributed by atoms with van der Waals surface area (Å²) in [5, 5.41) is 4.19. The molecule has 1 saturated heterocycles. The predicted molar refractivity (Wildman–Crippen MR) is 76.4 cm³/mol. The van der Waals surface area contributed by atoms with Gasteiger partial charge < -0.3 is 4.74 Å². The van der Waals surface area contributed by atoms with Crippen LogP contribution in [0.4, 0.5) is 0 Å². The molecule has 0 aromatic carbocycles. The molecule has 20 heavy (non-hydrogen) atoms. The van der Waals surface area contributed by atoms with Crippen molar-refractivity contribution in [3.8, 4) is 0 Å². The van der Waals surface area contributed by atoms with E-state index in [1.165, 1.54) is 8.99 Å². The van der Waals surface area contributed by atoms with Crippen molar-refractivity contribution < 1.29 is 13.2 Å². The molecule has 114 valence electrons. The minimum atomic E-state index is -3.64. The third-order valence-electron chi connectivity index (χ3n) is 3.50. The minimum Gasteiger partial charge on any atom is -0.377 e. The number of sulfonamides is 1. The smallest absolute Gasteiger partial charge is 0.247 e. The van der Waals surface area contributed by atoms with Crippen LogP contribution in [0.2, 0.25) is 5.15 Å². The summed E-state index contributed by atoms with van der Waals surface area (Å²) in [7, 11) is -0.466. The number of halogens is 1. The van der Waals surface area contributed by atoms with Crippen LogP contribution in [-0.2, 0) is 21.8 Å².